The van der Waals surface area contributed by atoms with Crippen LogP contribution in [0.15, 0.2) is 53.1 Å². The Morgan fingerprint density at radius 2 is 1.81 bits per heavy atom. The SMILES string of the molecule is COc1ccc(CCNC(=O)c2cc(-c3ccc(O)cc3)on2)cc1OC. The van der Waals surface area contributed by atoms with Crippen molar-refractivity contribution in [2.75, 3.05) is 20.8 Å². The van der Waals surface area contributed by atoms with Crippen molar-refractivity contribution in [2.24, 2.45) is 0 Å². The lowest BCUT2D eigenvalue weighted by Crippen LogP contribution is -2.25. The number of nitrogens with zero attached hydrogens (tertiary/aromatic N) is 1. The van der Waals surface area contributed by atoms with Crippen LogP contribution in [0.3, 0.4) is 0 Å². The van der Waals surface area contributed by atoms with E-state index in [1.165, 1.54) is 0 Å². The molecule has 7 heteroatoms. The zero-order chi connectivity index (χ0) is 19.2. The van der Waals surface area contributed by atoms with E-state index >= 15 is 0 Å². The Kier molecular flexibility index (Phi) is 5.61. The van der Waals surface area contributed by atoms with Crippen LogP contribution >= 0.6 is 0 Å². The molecule has 0 aliphatic carbocycles. The summed E-state index contributed by atoms with van der Waals surface area (Å²) in [5.41, 5.74) is 1.94. The molecule has 0 saturated heterocycles. The Morgan fingerprint density at radius 3 is 2.52 bits per heavy atom. The van der Waals surface area contributed by atoms with Gasteiger partial charge in [-0.3, -0.25) is 4.79 Å². The minimum Gasteiger partial charge on any atom is -0.508 e. The van der Waals surface area contributed by atoms with Crippen LogP contribution in [0, 0.1) is 0 Å². The molecule has 3 rings (SSSR count). The molecule has 27 heavy (non-hydrogen) atoms. The fraction of sp³-hybridized carbons (Fsp3) is 0.200. The number of nitrogens with one attached hydrogen (secondary N) is 1. The van der Waals surface area contributed by atoms with Crippen molar-refractivity contribution >= 4 is 5.91 Å². The summed E-state index contributed by atoms with van der Waals surface area (Å²) in [6, 6.07) is 13.7. The van der Waals surface area contributed by atoms with E-state index in [-0.39, 0.29) is 17.4 Å². The minimum atomic E-state index is -0.316. The van der Waals surface area contributed by atoms with E-state index in [1.807, 2.05) is 18.2 Å². The maximum atomic E-state index is 12.2. The molecule has 2 N–H and O–H groups in total. The van der Waals surface area contributed by atoms with Gasteiger partial charge in [0.15, 0.2) is 23.0 Å². The summed E-state index contributed by atoms with van der Waals surface area (Å²) in [5, 5.41) is 15.9. The molecule has 7 nitrogen and oxygen atoms in total. The zero-order valence-electron chi connectivity index (χ0n) is 15.1. The van der Waals surface area contributed by atoms with E-state index in [4.69, 9.17) is 14.0 Å². The predicted octanol–water partition coefficient (Wildman–Crippen LogP) is 3.04. The number of phenols is 1. The summed E-state index contributed by atoms with van der Waals surface area (Å²) < 4.78 is 15.7. The van der Waals surface area contributed by atoms with Crippen LogP contribution in [-0.4, -0.2) is 36.9 Å². The molecule has 2 aromatic carbocycles. The molecule has 0 radical (unpaired) electrons. The standard InChI is InChI=1S/C20H20N2O5/c1-25-17-8-3-13(11-19(17)26-2)9-10-21-20(24)16-12-18(27-22-16)14-4-6-15(23)7-5-14/h3-8,11-12,23H,9-10H2,1-2H3,(H,21,24). The van der Waals surface area contributed by atoms with Crippen LogP contribution in [0.1, 0.15) is 16.1 Å². The van der Waals surface area contributed by atoms with Gasteiger partial charge in [0.2, 0.25) is 0 Å². The Balaban J connectivity index is 1.58. The summed E-state index contributed by atoms with van der Waals surface area (Å²) in [6.07, 6.45) is 0.634. The lowest BCUT2D eigenvalue weighted by Gasteiger charge is -2.09. The summed E-state index contributed by atoms with van der Waals surface area (Å²) in [7, 11) is 3.17. The van der Waals surface area contributed by atoms with Gasteiger partial charge in [-0.1, -0.05) is 11.2 Å². The molecule has 1 aromatic heterocycles. The number of aromatic nitrogens is 1. The summed E-state index contributed by atoms with van der Waals surface area (Å²) in [5.74, 6) is 1.61. The fourth-order valence-electron chi connectivity index (χ4n) is 2.59. The average Bonchev–Trinajstić information content (AvgIpc) is 3.18. The number of methoxy groups -OCH3 is 2. The predicted molar refractivity (Wildman–Crippen MR) is 99.2 cm³/mol. The van der Waals surface area contributed by atoms with Crippen LogP contribution in [0.25, 0.3) is 11.3 Å². The molecule has 1 heterocycles. The molecule has 0 bridgehead atoms. The minimum absolute atomic E-state index is 0.159. The number of aromatic hydroxyl groups is 1. The maximum Gasteiger partial charge on any atom is 0.273 e. The monoisotopic (exact) mass is 368 g/mol. The summed E-state index contributed by atoms with van der Waals surface area (Å²) >= 11 is 0. The van der Waals surface area contributed by atoms with Crippen LogP contribution in [0.4, 0.5) is 0 Å². The van der Waals surface area contributed by atoms with Crippen molar-refractivity contribution < 1.29 is 23.9 Å². The molecule has 0 aliphatic rings. The maximum absolute atomic E-state index is 12.2. The number of rotatable bonds is 7. The third-order valence-electron chi connectivity index (χ3n) is 4.04. The number of benzene rings is 2. The number of hydrogen-bond acceptors (Lipinski definition) is 6. The highest BCUT2D eigenvalue weighted by atomic mass is 16.5. The van der Waals surface area contributed by atoms with Gasteiger partial charge in [0.25, 0.3) is 5.91 Å². The third kappa shape index (κ3) is 4.38. The van der Waals surface area contributed by atoms with E-state index < -0.39 is 0 Å². The Morgan fingerprint density at radius 1 is 1.07 bits per heavy atom. The van der Waals surface area contributed by atoms with Crippen molar-refractivity contribution in [3.8, 4) is 28.6 Å². The van der Waals surface area contributed by atoms with Gasteiger partial charge in [-0.15, -0.1) is 0 Å². The summed E-state index contributed by atoms with van der Waals surface area (Å²) in [4.78, 5) is 12.2. The average molecular weight is 368 g/mol. The van der Waals surface area contributed by atoms with Crippen molar-refractivity contribution in [3.63, 3.8) is 0 Å². The Hall–Kier alpha value is -3.48. The number of amides is 1. The first-order valence-electron chi connectivity index (χ1n) is 8.36. The van der Waals surface area contributed by atoms with Gasteiger partial charge < -0.3 is 24.4 Å². The molecule has 0 aliphatic heterocycles. The van der Waals surface area contributed by atoms with Crippen molar-refractivity contribution in [1.82, 2.24) is 10.5 Å². The van der Waals surface area contributed by atoms with Gasteiger partial charge in [-0.2, -0.15) is 0 Å². The van der Waals surface area contributed by atoms with Gasteiger partial charge >= 0.3 is 0 Å². The smallest absolute Gasteiger partial charge is 0.273 e. The van der Waals surface area contributed by atoms with Crippen molar-refractivity contribution in [1.29, 1.82) is 0 Å². The molecule has 0 fully saturated rings. The molecular formula is C20H20N2O5. The molecule has 0 atom stereocenters. The first kappa shape index (κ1) is 18.3. The molecule has 140 valence electrons. The van der Waals surface area contributed by atoms with Crippen LogP contribution in [0.2, 0.25) is 0 Å². The van der Waals surface area contributed by atoms with Crippen LogP contribution in [0.5, 0.6) is 17.2 Å². The van der Waals surface area contributed by atoms with Gasteiger partial charge in [0, 0.05) is 18.2 Å². The zero-order valence-corrected chi connectivity index (χ0v) is 15.1. The highest BCUT2D eigenvalue weighted by Gasteiger charge is 2.13. The fourth-order valence-corrected chi connectivity index (χ4v) is 2.59. The van der Waals surface area contributed by atoms with Crippen LogP contribution in [-0.2, 0) is 6.42 Å². The van der Waals surface area contributed by atoms with E-state index in [0.29, 0.717) is 30.2 Å². The van der Waals surface area contributed by atoms with Crippen molar-refractivity contribution in [2.45, 2.75) is 6.42 Å². The van der Waals surface area contributed by atoms with Gasteiger partial charge in [-0.05, 0) is 48.4 Å². The second-order valence-corrected chi connectivity index (χ2v) is 5.82. The Bertz CT molecular complexity index is 918. The van der Waals surface area contributed by atoms with E-state index in [1.54, 1.807) is 44.6 Å². The highest BCUT2D eigenvalue weighted by Crippen LogP contribution is 2.27. The largest absolute Gasteiger partial charge is 0.508 e. The number of carbonyl (C=O) groups is 1. The number of carbonyl (C=O) groups excluding carboxylic acids is 1. The quantitative estimate of drug-likeness (QED) is 0.666. The molecule has 0 spiro atoms. The highest BCUT2D eigenvalue weighted by molar-refractivity contribution is 5.93. The lowest BCUT2D eigenvalue weighted by molar-refractivity contribution is 0.0945. The van der Waals surface area contributed by atoms with Crippen molar-refractivity contribution in [3.05, 3.63) is 59.8 Å². The first-order valence-corrected chi connectivity index (χ1v) is 8.36. The summed E-state index contributed by atoms with van der Waals surface area (Å²) in [6.45, 7) is 0.440. The molecular weight excluding hydrogens is 348 g/mol. The molecule has 0 unspecified atom stereocenters. The van der Waals surface area contributed by atoms with Gasteiger partial charge in [0.1, 0.15) is 5.75 Å². The van der Waals surface area contributed by atoms with E-state index in [9.17, 15) is 9.90 Å². The number of ether oxygens (including phenoxy) is 2. The van der Waals surface area contributed by atoms with E-state index in [0.717, 1.165) is 11.1 Å². The topological polar surface area (TPSA) is 93.8 Å². The van der Waals surface area contributed by atoms with Gasteiger partial charge in [-0.25, -0.2) is 0 Å². The number of hydrogen-bond donors (Lipinski definition) is 2. The Labute approximate surface area is 156 Å². The third-order valence-corrected chi connectivity index (χ3v) is 4.04. The number of phenolic OH excluding ortho intramolecular Hbond substituents is 1. The molecule has 0 saturated carbocycles. The molecule has 1 amide bonds. The lowest BCUT2D eigenvalue weighted by atomic mass is 10.1. The normalized spacial score (nSPS) is 10.4. The first-order chi connectivity index (χ1) is 13.1. The molecule has 3 aromatic rings. The second-order valence-electron chi connectivity index (χ2n) is 5.82. The van der Waals surface area contributed by atoms with E-state index in [2.05, 4.69) is 10.5 Å². The second kappa shape index (κ2) is 8.27. The van der Waals surface area contributed by atoms with Crippen LogP contribution < -0.4 is 14.8 Å². The van der Waals surface area contributed by atoms with Gasteiger partial charge in [0.05, 0.1) is 14.2 Å².